The van der Waals surface area contributed by atoms with Crippen molar-refractivity contribution >= 4 is 11.6 Å². The van der Waals surface area contributed by atoms with Crippen LogP contribution in [0.1, 0.15) is 24.5 Å². The van der Waals surface area contributed by atoms with Crippen molar-refractivity contribution in [2.75, 3.05) is 20.1 Å². The minimum atomic E-state index is -4.14. The van der Waals surface area contributed by atoms with Gasteiger partial charge in [-0.05, 0) is 25.1 Å². The monoisotopic (exact) mass is 295 g/mol. The average molecular weight is 296 g/mol. The van der Waals surface area contributed by atoms with E-state index in [1.54, 1.807) is 36.2 Å². The highest BCUT2D eigenvalue weighted by Crippen LogP contribution is 2.25. The zero-order valence-corrected chi connectivity index (χ0v) is 11.4. The number of nitrogens with zero attached hydrogens (tertiary/aromatic N) is 1. The van der Waals surface area contributed by atoms with Gasteiger partial charge >= 0.3 is 6.18 Å². The summed E-state index contributed by atoms with van der Waals surface area (Å²) in [6.07, 6.45) is -5.40. The molecule has 0 radical (unpaired) electrons. The Morgan fingerprint density at radius 1 is 1.26 bits per heavy atom. The first-order chi connectivity index (χ1) is 8.79. The van der Waals surface area contributed by atoms with E-state index in [9.17, 15) is 18.3 Å². The van der Waals surface area contributed by atoms with Gasteiger partial charge in [0.1, 0.15) is 0 Å². The van der Waals surface area contributed by atoms with Crippen LogP contribution >= 0.6 is 11.6 Å². The van der Waals surface area contributed by atoms with Crippen LogP contribution in [0.25, 0.3) is 0 Å². The van der Waals surface area contributed by atoms with Crippen LogP contribution in [-0.2, 0) is 0 Å². The third kappa shape index (κ3) is 6.27. The third-order valence-electron chi connectivity index (χ3n) is 2.83. The van der Waals surface area contributed by atoms with Crippen LogP contribution in [0, 0.1) is 0 Å². The van der Waals surface area contributed by atoms with E-state index < -0.39 is 18.7 Å². The van der Waals surface area contributed by atoms with Crippen molar-refractivity contribution in [2.45, 2.75) is 25.1 Å². The maximum absolute atomic E-state index is 12.0. The predicted octanol–water partition coefficient (Wildman–Crippen LogP) is 3.65. The molecule has 6 heteroatoms. The maximum Gasteiger partial charge on any atom is 0.390 e. The first-order valence-electron chi connectivity index (χ1n) is 5.97. The topological polar surface area (TPSA) is 23.5 Å². The molecular weight excluding hydrogens is 279 g/mol. The maximum atomic E-state index is 12.0. The molecule has 19 heavy (non-hydrogen) atoms. The van der Waals surface area contributed by atoms with Gasteiger partial charge in [0.05, 0.1) is 12.5 Å². The molecule has 0 aromatic heterocycles. The molecule has 0 aliphatic heterocycles. The molecule has 1 atom stereocenters. The molecule has 0 saturated heterocycles. The van der Waals surface area contributed by atoms with Crippen LogP contribution in [0.15, 0.2) is 24.3 Å². The minimum Gasteiger partial charge on any atom is -0.388 e. The van der Waals surface area contributed by atoms with E-state index >= 15 is 0 Å². The quantitative estimate of drug-likeness (QED) is 0.866. The highest BCUT2D eigenvalue weighted by atomic mass is 35.5. The molecule has 1 aromatic rings. The van der Waals surface area contributed by atoms with E-state index in [1.165, 1.54) is 0 Å². The highest BCUT2D eigenvalue weighted by molar-refractivity contribution is 6.31. The Morgan fingerprint density at radius 3 is 2.47 bits per heavy atom. The van der Waals surface area contributed by atoms with Crippen molar-refractivity contribution in [3.8, 4) is 0 Å². The van der Waals surface area contributed by atoms with Crippen molar-refractivity contribution in [3.05, 3.63) is 34.9 Å². The summed E-state index contributed by atoms with van der Waals surface area (Å²) < 4.78 is 36.1. The second-order valence-electron chi connectivity index (χ2n) is 4.49. The van der Waals surface area contributed by atoms with Crippen LogP contribution in [-0.4, -0.2) is 36.3 Å². The molecule has 0 amide bonds. The van der Waals surface area contributed by atoms with Gasteiger partial charge in [-0.25, -0.2) is 0 Å². The van der Waals surface area contributed by atoms with Crippen molar-refractivity contribution in [3.63, 3.8) is 0 Å². The number of aliphatic hydroxyl groups is 1. The van der Waals surface area contributed by atoms with E-state index in [0.717, 1.165) is 0 Å². The molecule has 0 aliphatic rings. The molecule has 0 heterocycles. The second kappa shape index (κ2) is 7.12. The SMILES string of the molecule is CN(CCC(O)c1ccccc1Cl)CCC(F)(F)F. The van der Waals surface area contributed by atoms with Gasteiger partial charge in [-0.1, -0.05) is 29.8 Å². The number of halogens is 4. The number of hydrogen-bond acceptors (Lipinski definition) is 2. The number of benzene rings is 1. The van der Waals surface area contributed by atoms with Gasteiger partial charge in [0.2, 0.25) is 0 Å². The number of alkyl halides is 3. The molecule has 0 spiro atoms. The molecule has 1 N–H and O–H groups in total. The summed E-state index contributed by atoms with van der Waals surface area (Å²) >= 11 is 5.93. The van der Waals surface area contributed by atoms with Gasteiger partial charge in [-0.3, -0.25) is 0 Å². The first kappa shape index (κ1) is 16.3. The largest absolute Gasteiger partial charge is 0.390 e. The van der Waals surface area contributed by atoms with E-state index in [1.807, 2.05) is 0 Å². The lowest BCUT2D eigenvalue weighted by Crippen LogP contribution is -2.26. The number of aliphatic hydroxyl groups excluding tert-OH is 1. The molecular formula is C13H17ClF3NO. The van der Waals surface area contributed by atoms with Gasteiger partial charge in [0, 0.05) is 18.1 Å². The van der Waals surface area contributed by atoms with Gasteiger partial charge in [0.15, 0.2) is 0 Å². The summed E-state index contributed by atoms with van der Waals surface area (Å²) in [4.78, 5) is 1.55. The van der Waals surface area contributed by atoms with E-state index in [0.29, 0.717) is 23.6 Å². The lowest BCUT2D eigenvalue weighted by atomic mass is 10.1. The zero-order valence-electron chi connectivity index (χ0n) is 10.6. The summed E-state index contributed by atoms with van der Waals surface area (Å²) in [5, 5.41) is 10.4. The molecule has 1 unspecified atom stereocenters. The number of hydrogen-bond donors (Lipinski definition) is 1. The summed E-state index contributed by atoms with van der Waals surface area (Å²) in [7, 11) is 1.60. The Balaban J connectivity index is 2.38. The van der Waals surface area contributed by atoms with Crippen LogP contribution in [0.4, 0.5) is 13.2 Å². The zero-order chi connectivity index (χ0) is 14.5. The molecule has 1 aromatic carbocycles. The molecule has 108 valence electrons. The average Bonchev–Trinajstić information content (AvgIpc) is 2.33. The lowest BCUT2D eigenvalue weighted by molar-refractivity contribution is -0.137. The Morgan fingerprint density at radius 2 is 1.89 bits per heavy atom. The van der Waals surface area contributed by atoms with Crippen LogP contribution < -0.4 is 0 Å². The van der Waals surface area contributed by atoms with Crippen LogP contribution in [0.5, 0.6) is 0 Å². The fourth-order valence-corrected chi connectivity index (χ4v) is 1.93. The first-order valence-corrected chi connectivity index (χ1v) is 6.35. The smallest absolute Gasteiger partial charge is 0.388 e. The summed E-state index contributed by atoms with van der Waals surface area (Å²) in [6.45, 7) is 0.307. The van der Waals surface area contributed by atoms with Crippen LogP contribution in [0.3, 0.4) is 0 Å². The standard InChI is InChI=1S/C13H17ClF3NO/c1-18(9-7-13(15,16)17)8-6-12(19)10-4-2-3-5-11(10)14/h2-5,12,19H,6-9H2,1H3. The number of rotatable bonds is 6. The van der Waals surface area contributed by atoms with Gasteiger partial charge in [-0.2, -0.15) is 13.2 Å². The predicted molar refractivity (Wildman–Crippen MR) is 69.2 cm³/mol. The van der Waals surface area contributed by atoms with E-state index in [2.05, 4.69) is 0 Å². The molecule has 2 nitrogen and oxygen atoms in total. The minimum absolute atomic E-state index is 0.0707. The van der Waals surface area contributed by atoms with Gasteiger partial charge in [0.25, 0.3) is 0 Å². The highest BCUT2D eigenvalue weighted by Gasteiger charge is 2.27. The summed E-state index contributed by atoms with van der Waals surface area (Å²) in [6, 6.07) is 6.90. The van der Waals surface area contributed by atoms with Crippen molar-refractivity contribution in [1.29, 1.82) is 0 Å². The second-order valence-corrected chi connectivity index (χ2v) is 4.90. The molecule has 0 bridgehead atoms. The van der Waals surface area contributed by atoms with Gasteiger partial charge in [-0.15, -0.1) is 0 Å². The van der Waals surface area contributed by atoms with Crippen molar-refractivity contribution < 1.29 is 18.3 Å². The normalized spacial score (nSPS) is 13.8. The molecule has 0 aliphatic carbocycles. The summed E-state index contributed by atoms with van der Waals surface area (Å²) in [5.41, 5.74) is 0.605. The van der Waals surface area contributed by atoms with Crippen molar-refractivity contribution in [1.82, 2.24) is 4.90 Å². The molecule has 0 fully saturated rings. The molecule has 1 rings (SSSR count). The molecule has 0 saturated carbocycles. The Hall–Kier alpha value is -0.780. The summed E-state index contributed by atoms with van der Waals surface area (Å²) in [5.74, 6) is 0. The van der Waals surface area contributed by atoms with Crippen LogP contribution in [0.2, 0.25) is 5.02 Å². The lowest BCUT2D eigenvalue weighted by Gasteiger charge is -2.20. The third-order valence-corrected chi connectivity index (χ3v) is 3.17. The van der Waals surface area contributed by atoms with Crippen molar-refractivity contribution in [2.24, 2.45) is 0 Å². The fourth-order valence-electron chi connectivity index (χ4n) is 1.67. The van der Waals surface area contributed by atoms with Gasteiger partial charge < -0.3 is 10.0 Å². The van der Waals surface area contributed by atoms with E-state index in [4.69, 9.17) is 11.6 Å². The Labute approximate surface area is 115 Å². The fraction of sp³-hybridized carbons (Fsp3) is 0.538. The Kier molecular flexibility index (Phi) is 6.10. The Bertz CT molecular complexity index is 398. The van der Waals surface area contributed by atoms with E-state index in [-0.39, 0.29) is 6.54 Å².